The standard InChI is InChI=1S/C25H24N4O3/c1-16-26-12-13-28(16)15-19-10-11-22-23(24(19)30)20-4-2-3-5-21(20)29(22)14-17-6-8-18(9-7-17)25(31)27-32/h2-9,12-13,19,32H,10-11,14-15H2,1H3,(H,27,31). The molecule has 7 nitrogen and oxygen atoms in total. The van der Waals surface area contributed by atoms with E-state index in [1.165, 1.54) is 0 Å². The van der Waals surface area contributed by atoms with Gasteiger partial charge in [-0.1, -0.05) is 30.3 Å². The van der Waals surface area contributed by atoms with E-state index in [0.29, 0.717) is 18.7 Å². The summed E-state index contributed by atoms with van der Waals surface area (Å²) in [7, 11) is 0. The summed E-state index contributed by atoms with van der Waals surface area (Å²) in [5.41, 5.74) is 6.02. The normalized spacial score (nSPS) is 15.7. The number of ketones is 1. The van der Waals surface area contributed by atoms with Crippen LogP contribution >= 0.6 is 0 Å². The van der Waals surface area contributed by atoms with Gasteiger partial charge in [-0.05, 0) is 43.5 Å². The maximum Gasteiger partial charge on any atom is 0.274 e. The number of hydroxylamine groups is 1. The molecule has 2 heterocycles. The molecule has 0 spiro atoms. The van der Waals surface area contributed by atoms with Crippen molar-refractivity contribution in [2.24, 2.45) is 5.92 Å². The number of aromatic nitrogens is 3. The number of Topliss-reactive ketones (excluding diaryl/α,β-unsaturated/α-hetero) is 1. The number of benzene rings is 2. The molecule has 162 valence electrons. The number of amides is 1. The van der Waals surface area contributed by atoms with Crippen molar-refractivity contribution in [3.63, 3.8) is 0 Å². The Morgan fingerprint density at radius 2 is 1.97 bits per heavy atom. The van der Waals surface area contributed by atoms with Crippen LogP contribution in [0, 0.1) is 12.8 Å². The van der Waals surface area contributed by atoms with E-state index in [4.69, 9.17) is 5.21 Å². The number of hydrogen-bond donors (Lipinski definition) is 2. The van der Waals surface area contributed by atoms with E-state index in [1.54, 1.807) is 23.8 Å². The molecular formula is C25H24N4O3. The summed E-state index contributed by atoms with van der Waals surface area (Å²) in [6, 6.07) is 15.2. The van der Waals surface area contributed by atoms with Crippen LogP contribution < -0.4 is 5.48 Å². The van der Waals surface area contributed by atoms with Crippen molar-refractivity contribution in [3.8, 4) is 0 Å². The van der Waals surface area contributed by atoms with Crippen LogP contribution in [-0.4, -0.2) is 31.0 Å². The predicted octanol–water partition coefficient (Wildman–Crippen LogP) is 3.76. The van der Waals surface area contributed by atoms with Gasteiger partial charge in [0.25, 0.3) is 5.91 Å². The molecule has 2 N–H and O–H groups in total. The Balaban J connectivity index is 1.50. The minimum absolute atomic E-state index is 0.0640. The van der Waals surface area contributed by atoms with Gasteiger partial charge in [0, 0.05) is 59.1 Å². The Hall–Kier alpha value is -3.71. The molecule has 1 aliphatic carbocycles. The topological polar surface area (TPSA) is 89.2 Å². The van der Waals surface area contributed by atoms with Gasteiger partial charge in [0.05, 0.1) is 0 Å². The number of nitrogens with zero attached hydrogens (tertiary/aromatic N) is 3. The molecule has 7 heteroatoms. The van der Waals surface area contributed by atoms with E-state index in [2.05, 4.69) is 20.2 Å². The van der Waals surface area contributed by atoms with Gasteiger partial charge in [-0.15, -0.1) is 0 Å². The molecule has 0 bridgehead atoms. The SMILES string of the molecule is Cc1nccn1CC1CCc2c(c3ccccc3n2Cc2ccc(C(=O)NO)cc2)C1=O. The third kappa shape index (κ3) is 3.40. The summed E-state index contributed by atoms with van der Waals surface area (Å²) in [4.78, 5) is 29.5. The number of nitrogens with one attached hydrogen (secondary N) is 1. The first-order chi connectivity index (χ1) is 15.6. The van der Waals surface area contributed by atoms with Gasteiger partial charge in [-0.2, -0.15) is 0 Å². The summed E-state index contributed by atoms with van der Waals surface area (Å²) in [5, 5.41) is 9.81. The summed E-state index contributed by atoms with van der Waals surface area (Å²) in [6.07, 6.45) is 5.34. The van der Waals surface area contributed by atoms with Crippen LogP contribution in [0.5, 0.6) is 0 Å². The lowest BCUT2D eigenvalue weighted by atomic mass is 9.85. The molecule has 2 aromatic heterocycles. The summed E-state index contributed by atoms with van der Waals surface area (Å²) >= 11 is 0. The minimum Gasteiger partial charge on any atom is -0.339 e. The highest BCUT2D eigenvalue weighted by molar-refractivity contribution is 6.11. The van der Waals surface area contributed by atoms with Crippen LogP contribution in [0.3, 0.4) is 0 Å². The maximum absolute atomic E-state index is 13.6. The fraction of sp³-hybridized carbons (Fsp3) is 0.240. The van der Waals surface area contributed by atoms with Crippen molar-refractivity contribution in [1.82, 2.24) is 19.6 Å². The van der Waals surface area contributed by atoms with Crippen molar-refractivity contribution in [2.75, 3.05) is 0 Å². The monoisotopic (exact) mass is 428 g/mol. The number of aryl methyl sites for hydroxylation is 1. The molecule has 32 heavy (non-hydrogen) atoms. The van der Waals surface area contributed by atoms with Gasteiger partial charge in [0.2, 0.25) is 0 Å². The van der Waals surface area contributed by atoms with Gasteiger partial charge in [0.15, 0.2) is 5.78 Å². The fourth-order valence-corrected chi connectivity index (χ4v) is 4.73. The van der Waals surface area contributed by atoms with E-state index >= 15 is 0 Å². The van der Waals surface area contributed by atoms with E-state index < -0.39 is 5.91 Å². The molecule has 0 radical (unpaired) electrons. The zero-order valence-electron chi connectivity index (χ0n) is 17.8. The number of imidazole rings is 1. The van der Waals surface area contributed by atoms with E-state index in [-0.39, 0.29) is 11.7 Å². The number of carbonyl (C=O) groups excluding carboxylic acids is 2. The van der Waals surface area contributed by atoms with Crippen molar-refractivity contribution in [3.05, 3.63) is 89.1 Å². The lowest BCUT2D eigenvalue weighted by Crippen LogP contribution is -2.27. The van der Waals surface area contributed by atoms with Gasteiger partial charge in [-0.25, -0.2) is 10.5 Å². The quantitative estimate of drug-likeness (QED) is 0.374. The minimum atomic E-state index is -0.537. The van der Waals surface area contributed by atoms with Crippen molar-refractivity contribution >= 4 is 22.6 Å². The molecule has 1 amide bonds. The van der Waals surface area contributed by atoms with E-state index in [1.807, 2.05) is 43.5 Å². The smallest absolute Gasteiger partial charge is 0.274 e. The molecule has 0 saturated heterocycles. The van der Waals surface area contributed by atoms with Gasteiger partial charge in [-0.3, -0.25) is 14.8 Å². The first-order valence-electron chi connectivity index (χ1n) is 10.7. The summed E-state index contributed by atoms with van der Waals surface area (Å²) in [6.45, 7) is 3.22. The van der Waals surface area contributed by atoms with Crippen molar-refractivity contribution in [2.45, 2.75) is 32.9 Å². The molecule has 0 fully saturated rings. The molecule has 1 aliphatic rings. The Morgan fingerprint density at radius 3 is 2.69 bits per heavy atom. The van der Waals surface area contributed by atoms with Crippen LogP contribution in [0.25, 0.3) is 10.9 Å². The fourth-order valence-electron chi connectivity index (χ4n) is 4.73. The molecule has 0 saturated carbocycles. The van der Waals surface area contributed by atoms with Gasteiger partial charge < -0.3 is 9.13 Å². The van der Waals surface area contributed by atoms with Gasteiger partial charge in [0.1, 0.15) is 5.82 Å². The third-order valence-corrected chi connectivity index (χ3v) is 6.42. The van der Waals surface area contributed by atoms with E-state index in [0.717, 1.165) is 46.4 Å². The second kappa shape index (κ2) is 8.09. The second-order valence-electron chi connectivity index (χ2n) is 8.29. The molecular weight excluding hydrogens is 404 g/mol. The molecule has 5 rings (SSSR count). The zero-order valence-corrected chi connectivity index (χ0v) is 17.8. The molecule has 4 aromatic rings. The lowest BCUT2D eigenvalue weighted by molar-refractivity contribution is 0.0706. The third-order valence-electron chi connectivity index (χ3n) is 6.42. The summed E-state index contributed by atoms with van der Waals surface area (Å²) < 4.78 is 4.28. The summed E-state index contributed by atoms with van der Waals surface area (Å²) in [5.74, 6) is 0.518. The zero-order chi connectivity index (χ0) is 22.2. The first kappa shape index (κ1) is 20.2. The number of para-hydroxylation sites is 1. The van der Waals surface area contributed by atoms with Crippen LogP contribution in [-0.2, 0) is 19.5 Å². The number of rotatable bonds is 5. The molecule has 2 aromatic carbocycles. The van der Waals surface area contributed by atoms with E-state index in [9.17, 15) is 9.59 Å². The highest BCUT2D eigenvalue weighted by atomic mass is 16.5. The molecule has 1 unspecified atom stereocenters. The first-order valence-corrected chi connectivity index (χ1v) is 10.7. The predicted molar refractivity (Wildman–Crippen MR) is 120 cm³/mol. The van der Waals surface area contributed by atoms with Crippen LogP contribution in [0.15, 0.2) is 60.9 Å². The number of fused-ring (bicyclic) bond motifs is 3. The van der Waals surface area contributed by atoms with Crippen molar-refractivity contribution < 1.29 is 14.8 Å². The number of carbonyl (C=O) groups is 2. The molecule has 0 aliphatic heterocycles. The average molecular weight is 428 g/mol. The van der Waals surface area contributed by atoms with Crippen LogP contribution in [0.4, 0.5) is 0 Å². The van der Waals surface area contributed by atoms with Crippen molar-refractivity contribution in [1.29, 1.82) is 0 Å². The van der Waals surface area contributed by atoms with Crippen LogP contribution in [0.1, 0.15) is 44.2 Å². The van der Waals surface area contributed by atoms with Gasteiger partial charge >= 0.3 is 0 Å². The average Bonchev–Trinajstić information content (AvgIpc) is 3.37. The van der Waals surface area contributed by atoms with Crippen LogP contribution in [0.2, 0.25) is 0 Å². The largest absolute Gasteiger partial charge is 0.339 e. The maximum atomic E-state index is 13.6. The number of hydrogen-bond acceptors (Lipinski definition) is 4. The second-order valence-corrected chi connectivity index (χ2v) is 8.29. The molecule has 1 atom stereocenters. The lowest BCUT2D eigenvalue weighted by Gasteiger charge is -2.24. The Kier molecular flexibility index (Phi) is 5.11. The Labute approximate surface area is 185 Å². The highest BCUT2D eigenvalue weighted by Gasteiger charge is 2.33. The highest BCUT2D eigenvalue weighted by Crippen LogP contribution is 2.35. The Bertz CT molecular complexity index is 1320. The Morgan fingerprint density at radius 1 is 1.19 bits per heavy atom.